The van der Waals surface area contributed by atoms with Crippen molar-refractivity contribution in [3.05, 3.63) is 46.7 Å². The largest absolute Gasteiger partial charge is 0.409 e. The number of nitrogens with two attached hydrogens (primary N) is 1. The van der Waals surface area contributed by atoms with Crippen LogP contribution in [-0.4, -0.2) is 20.8 Å². The second-order valence-corrected chi connectivity index (χ2v) is 3.81. The van der Waals surface area contributed by atoms with Crippen molar-refractivity contribution < 1.29 is 14.0 Å². The first-order valence-electron chi connectivity index (χ1n) is 4.70. The number of hydrogen-bond donors (Lipinski definition) is 2. The van der Waals surface area contributed by atoms with Crippen molar-refractivity contribution in [2.45, 2.75) is 0 Å². The Morgan fingerprint density at radius 3 is 2.44 bits per heavy atom. The van der Waals surface area contributed by atoms with Crippen LogP contribution in [0.1, 0.15) is 5.56 Å². The van der Waals surface area contributed by atoms with Crippen LogP contribution < -0.4 is 5.73 Å². The van der Waals surface area contributed by atoms with Crippen molar-refractivity contribution in [1.82, 2.24) is 9.78 Å². The van der Waals surface area contributed by atoms with E-state index in [4.69, 9.17) is 22.5 Å². The number of oxime groups is 1. The average Bonchev–Trinajstić information content (AvgIpc) is 2.73. The molecule has 2 rings (SSSR count). The van der Waals surface area contributed by atoms with Crippen molar-refractivity contribution in [3.8, 4) is 5.69 Å². The molecule has 0 atom stereocenters. The summed E-state index contributed by atoms with van der Waals surface area (Å²) >= 11 is 5.62. The van der Waals surface area contributed by atoms with E-state index in [0.717, 1.165) is 16.8 Å². The number of benzene rings is 1. The molecule has 0 unspecified atom stereocenters. The Bertz CT molecular complexity index is 603. The summed E-state index contributed by atoms with van der Waals surface area (Å²) in [6.07, 6.45) is 2.50. The van der Waals surface area contributed by atoms with Crippen LogP contribution in [0.3, 0.4) is 0 Å². The molecule has 5 nitrogen and oxygen atoms in total. The molecule has 1 aromatic carbocycles. The number of rotatable bonds is 2. The maximum Gasteiger partial charge on any atom is 0.170 e. The normalized spacial score (nSPS) is 11.8. The summed E-state index contributed by atoms with van der Waals surface area (Å²) in [6, 6.07) is 1.87. The fourth-order valence-electron chi connectivity index (χ4n) is 1.41. The molecule has 0 aliphatic rings. The van der Waals surface area contributed by atoms with Crippen LogP contribution in [0.25, 0.3) is 5.69 Å². The predicted molar refractivity (Wildman–Crippen MR) is 61.0 cm³/mol. The van der Waals surface area contributed by atoms with Crippen LogP contribution in [-0.2, 0) is 0 Å². The first-order valence-corrected chi connectivity index (χ1v) is 5.08. The number of nitrogens with zero attached hydrogens (tertiary/aromatic N) is 3. The lowest BCUT2D eigenvalue weighted by atomic mass is 10.1. The minimum atomic E-state index is -0.906. The SMILES string of the molecule is N/C(=N/O)c1cc(F)c(-n2cc(Cl)cn2)c(F)c1. The molecule has 0 saturated carbocycles. The predicted octanol–water partition coefficient (Wildman–Crippen LogP) is 1.90. The third kappa shape index (κ3) is 2.12. The van der Waals surface area contributed by atoms with E-state index in [1.807, 2.05) is 0 Å². The standard InChI is InChI=1S/C10H7ClF2N4O/c11-6-3-15-17(4-6)9-7(12)1-5(2-8(9)13)10(14)16-18/h1-4,18H,(H2,14,16). The van der Waals surface area contributed by atoms with Gasteiger partial charge in [0, 0.05) is 11.8 Å². The molecule has 8 heteroatoms. The third-order valence-electron chi connectivity index (χ3n) is 2.20. The highest BCUT2D eigenvalue weighted by atomic mass is 35.5. The van der Waals surface area contributed by atoms with Gasteiger partial charge in [0.15, 0.2) is 17.5 Å². The van der Waals surface area contributed by atoms with Gasteiger partial charge in [0.25, 0.3) is 0 Å². The molecule has 0 amide bonds. The van der Waals surface area contributed by atoms with Crippen molar-refractivity contribution in [3.63, 3.8) is 0 Å². The van der Waals surface area contributed by atoms with Crippen LogP contribution in [0, 0.1) is 11.6 Å². The van der Waals surface area contributed by atoms with E-state index in [9.17, 15) is 8.78 Å². The summed E-state index contributed by atoms with van der Waals surface area (Å²) in [5, 5.41) is 15.0. The minimum absolute atomic E-state index is 0.0745. The van der Waals surface area contributed by atoms with Gasteiger partial charge in [-0.25, -0.2) is 13.5 Å². The van der Waals surface area contributed by atoms with Gasteiger partial charge in [-0.3, -0.25) is 0 Å². The van der Waals surface area contributed by atoms with Crippen LogP contribution in [0.5, 0.6) is 0 Å². The second kappa shape index (κ2) is 4.61. The summed E-state index contributed by atoms with van der Waals surface area (Å²) in [7, 11) is 0. The lowest BCUT2D eigenvalue weighted by Crippen LogP contribution is -2.15. The van der Waals surface area contributed by atoms with Crippen LogP contribution in [0.15, 0.2) is 29.7 Å². The lowest BCUT2D eigenvalue weighted by molar-refractivity contribution is 0.318. The Balaban J connectivity index is 2.58. The molecule has 2 aromatic rings. The van der Waals surface area contributed by atoms with E-state index in [0.29, 0.717) is 0 Å². The van der Waals surface area contributed by atoms with E-state index in [1.165, 1.54) is 12.4 Å². The highest BCUT2D eigenvalue weighted by Crippen LogP contribution is 2.20. The van der Waals surface area contributed by atoms with E-state index in [-0.39, 0.29) is 10.6 Å². The Morgan fingerprint density at radius 2 is 2.00 bits per heavy atom. The molecular formula is C10H7ClF2N4O. The van der Waals surface area contributed by atoms with Crippen LogP contribution >= 0.6 is 11.6 Å². The van der Waals surface area contributed by atoms with Gasteiger partial charge in [-0.15, -0.1) is 0 Å². The van der Waals surface area contributed by atoms with E-state index >= 15 is 0 Å². The Morgan fingerprint density at radius 1 is 1.39 bits per heavy atom. The molecule has 0 fully saturated rings. The first-order chi connectivity index (χ1) is 8.52. The Hall–Kier alpha value is -2.15. The highest BCUT2D eigenvalue weighted by Gasteiger charge is 2.15. The number of hydrogen-bond acceptors (Lipinski definition) is 3. The third-order valence-corrected chi connectivity index (χ3v) is 2.40. The number of amidine groups is 1. The molecule has 18 heavy (non-hydrogen) atoms. The maximum absolute atomic E-state index is 13.8. The van der Waals surface area contributed by atoms with Gasteiger partial charge in [-0.1, -0.05) is 16.8 Å². The topological polar surface area (TPSA) is 76.4 Å². The summed E-state index contributed by atoms with van der Waals surface area (Å²) in [5.74, 6) is -2.20. The molecular weight excluding hydrogens is 266 g/mol. The Labute approximate surface area is 105 Å². The Kier molecular flexibility index (Phi) is 3.15. The number of aromatic nitrogens is 2. The van der Waals surface area contributed by atoms with E-state index in [1.54, 1.807) is 0 Å². The zero-order valence-corrected chi connectivity index (χ0v) is 9.57. The van der Waals surface area contributed by atoms with Crippen LogP contribution in [0.2, 0.25) is 5.02 Å². The fourth-order valence-corrected chi connectivity index (χ4v) is 1.55. The summed E-state index contributed by atoms with van der Waals surface area (Å²) in [4.78, 5) is 0. The molecule has 0 aliphatic heterocycles. The maximum atomic E-state index is 13.8. The number of halogens is 3. The molecule has 3 N–H and O–H groups in total. The van der Waals surface area contributed by atoms with Crippen molar-refractivity contribution in [2.24, 2.45) is 10.9 Å². The van der Waals surface area contributed by atoms with Gasteiger partial charge >= 0.3 is 0 Å². The zero-order valence-electron chi connectivity index (χ0n) is 8.81. The molecule has 0 radical (unpaired) electrons. The summed E-state index contributed by atoms with van der Waals surface area (Å²) < 4.78 is 28.5. The van der Waals surface area contributed by atoms with Gasteiger partial charge in [0.2, 0.25) is 0 Å². The smallest absolute Gasteiger partial charge is 0.170 e. The lowest BCUT2D eigenvalue weighted by Gasteiger charge is -2.07. The quantitative estimate of drug-likeness (QED) is 0.379. The van der Waals surface area contributed by atoms with Crippen molar-refractivity contribution in [1.29, 1.82) is 0 Å². The second-order valence-electron chi connectivity index (χ2n) is 3.38. The highest BCUT2D eigenvalue weighted by molar-refractivity contribution is 6.30. The van der Waals surface area contributed by atoms with Gasteiger partial charge in [0.05, 0.1) is 11.2 Å². The average molecular weight is 273 g/mol. The zero-order chi connectivity index (χ0) is 13.3. The van der Waals surface area contributed by atoms with Crippen molar-refractivity contribution >= 4 is 17.4 Å². The minimum Gasteiger partial charge on any atom is -0.409 e. The summed E-state index contributed by atoms with van der Waals surface area (Å²) in [5.41, 5.74) is 4.78. The van der Waals surface area contributed by atoms with E-state index in [2.05, 4.69) is 10.3 Å². The molecule has 0 bridgehead atoms. The van der Waals surface area contributed by atoms with E-state index < -0.39 is 23.2 Å². The fraction of sp³-hybridized carbons (Fsp3) is 0. The monoisotopic (exact) mass is 272 g/mol. The van der Waals surface area contributed by atoms with Gasteiger partial charge < -0.3 is 10.9 Å². The molecule has 1 aromatic heterocycles. The van der Waals surface area contributed by atoms with Gasteiger partial charge in [-0.05, 0) is 12.1 Å². The summed E-state index contributed by atoms with van der Waals surface area (Å²) in [6.45, 7) is 0. The molecule has 1 heterocycles. The first kappa shape index (κ1) is 12.3. The molecule has 94 valence electrons. The molecule has 0 aliphatic carbocycles. The molecule has 0 spiro atoms. The van der Waals surface area contributed by atoms with Crippen molar-refractivity contribution in [2.75, 3.05) is 0 Å². The van der Waals surface area contributed by atoms with Gasteiger partial charge in [0.1, 0.15) is 5.69 Å². The van der Waals surface area contributed by atoms with Crippen LogP contribution in [0.4, 0.5) is 8.78 Å². The molecule has 0 saturated heterocycles. The van der Waals surface area contributed by atoms with Gasteiger partial charge in [-0.2, -0.15) is 5.10 Å².